The van der Waals surface area contributed by atoms with Crippen LogP contribution < -0.4 is 14.8 Å². The molecule has 0 aliphatic heterocycles. The molecule has 1 rings (SSSR count). The second-order valence-corrected chi connectivity index (χ2v) is 6.09. The van der Waals surface area contributed by atoms with Crippen molar-refractivity contribution in [1.29, 1.82) is 0 Å². The number of carbonyl (C=O) groups is 1. The Labute approximate surface area is 163 Å². The topological polar surface area (TPSA) is 66.4 Å². The van der Waals surface area contributed by atoms with Crippen LogP contribution in [-0.2, 0) is 11.2 Å². The molecule has 1 aromatic carbocycles. The van der Waals surface area contributed by atoms with E-state index in [1.54, 1.807) is 14.2 Å². The number of nitrogens with zero attached hydrogens (tertiary/aromatic N) is 3. The molecule has 0 spiro atoms. The summed E-state index contributed by atoms with van der Waals surface area (Å²) in [5.74, 6) is 2.44. The van der Waals surface area contributed by atoms with E-state index in [9.17, 15) is 4.79 Å². The number of carbonyl (C=O) groups excluding carboxylic acids is 1. The molecule has 0 saturated heterocycles. The minimum absolute atomic E-state index is 0.0996. The number of hydrogen-bond acceptors (Lipinski definition) is 4. The number of ether oxygens (including phenoxy) is 2. The van der Waals surface area contributed by atoms with E-state index >= 15 is 0 Å². The lowest BCUT2D eigenvalue weighted by molar-refractivity contribution is -0.131. The SMILES string of the molecule is CCNC(=NCCc1cc(OC)ccc1OC)N(C)CC(=O)N(CC)CC. The minimum Gasteiger partial charge on any atom is -0.497 e. The van der Waals surface area contributed by atoms with Crippen molar-refractivity contribution in [2.75, 3.05) is 54.0 Å². The van der Waals surface area contributed by atoms with Crippen LogP contribution in [0.15, 0.2) is 23.2 Å². The molecule has 0 aliphatic carbocycles. The molecule has 0 heterocycles. The van der Waals surface area contributed by atoms with Crippen molar-refractivity contribution in [3.8, 4) is 11.5 Å². The van der Waals surface area contributed by atoms with Crippen molar-refractivity contribution in [3.05, 3.63) is 23.8 Å². The number of aliphatic imine (C=N–C) groups is 1. The predicted octanol–water partition coefficient (Wildman–Crippen LogP) is 2.01. The quantitative estimate of drug-likeness (QED) is 0.498. The molecule has 7 nitrogen and oxygen atoms in total. The van der Waals surface area contributed by atoms with Gasteiger partial charge >= 0.3 is 0 Å². The Kier molecular flexibility index (Phi) is 10.1. The molecule has 27 heavy (non-hydrogen) atoms. The first-order valence-corrected chi connectivity index (χ1v) is 9.48. The van der Waals surface area contributed by atoms with Gasteiger partial charge in [-0.1, -0.05) is 0 Å². The lowest BCUT2D eigenvalue weighted by atomic mass is 10.1. The molecule has 0 aliphatic rings. The molecule has 7 heteroatoms. The van der Waals surface area contributed by atoms with Gasteiger partial charge in [-0.3, -0.25) is 9.79 Å². The van der Waals surface area contributed by atoms with Crippen molar-refractivity contribution in [1.82, 2.24) is 15.1 Å². The molecule has 1 N–H and O–H groups in total. The molecule has 0 radical (unpaired) electrons. The van der Waals surface area contributed by atoms with E-state index in [4.69, 9.17) is 9.47 Å². The largest absolute Gasteiger partial charge is 0.497 e. The highest BCUT2D eigenvalue weighted by atomic mass is 16.5. The Balaban J connectivity index is 2.80. The normalized spacial score (nSPS) is 11.1. The molecule has 1 aromatic rings. The van der Waals surface area contributed by atoms with Gasteiger partial charge in [-0.25, -0.2) is 0 Å². The molecule has 0 fully saturated rings. The maximum Gasteiger partial charge on any atom is 0.242 e. The van der Waals surface area contributed by atoms with Gasteiger partial charge in [0.1, 0.15) is 11.5 Å². The van der Waals surface area contributed by atoms with Gasteiger partial charge in [-0.15, -0.1) is 0 Å². The van der Waals surface area contributed by atoms with Gasteiger partial charge in [0.25, 0.3) is 0 Å². The van der Waals surface area contributed by atoms with Gasteiger partial charge in [-0.2, -0.15) is 0 Å². The number of rotatable bonds is 10. The fourth-order valence-electron chi connectivity index (χ4n) is 2.78. The van der Waals surface area contributed by atoms with Crippen LogP contribution in [0.1, 0.15) is 26.3 Å². The van der Waals surface area contributed by atoms with Gasteiger partial charge in [0.15, 0.2) is 5.96 Å². The van der Waals surface area contributed by atoms with Gasteiger partial charge in [-0.05, 0) is 51.0 Å². The molecule has 152 valence electrons. The molecule has 0 saturated carbocycles. The number of amides is 1. The van der Waals surface area contributed by atoms with Crippen LogP contribution in [0.25, 0.3) is 0 Å². The van der Waals surface area contributed by atoms with Crippen LogP contribution in [0.5, 0.6) is 11.5 Å². The van der Waals surface area contributed by atoms with Gasteiger partial charge < -0.3 is 24.6 Å². The first-order chi connectivity index (χ1) is 13.0. The number of hydrogen-bond donors (Lipinski definition) is 1. The Morgan fingerprint density at radius 1 is 1.15 bits per heavy atom. The zero-order valence-corrected chi connectivity index (χ0v) is 17.5. The highest BCUT2D eigenvalue weighted by Gasteiger charge is 2.15. The summed E-state index contributed by atoms with van der Waals surface area (Å²) >= 11 is 0. The highest BCUT2D eigenvalue weighted by Crippen LogP contribution is 2.24. The molecule has 0 unspecified atom stereocenters. The van der Waals surface area contributed by atoms with Crippen LogP contribution in [0, 0.1) is 0 Å². The van der Waals surface area contributed by atoms with Crippen LogP contribution in [0.4, 0.5) is 0 Å². The maximum atomic E-state index is 12.3. The number of methoxy groups -OCH3 is 2. The smallest absolute Gasteiger partial charge is 0.242 e. The monoisotopic (exact) mass is 378 g/mol. The third kappa shape index (κ3) is 7.00. The third-order valence-electron chi connectivity index (χ3n) is 4.32. The van der Waals surface area contributed by atoms with E-state index in [0.29, 0.717) is 32.6 Å². The Hall–Kier alpha value is -2.44. The van der Waals surface area contributed by atoms with E-state index in [2.05, 4.69) is 10.3 Å². The molecule has 1 amide bonds. The summed E-state index contributed by atoms with van der Waals surface area (Å²) in [5.41, 5.74) is 1.04. The lowest BCUT2D eigenvalue weighted by Gasteiger charge is -2.25. The van der Waals surface area contributed by atoms with Crippen molar-refractivity contribution in [2.24, 2.45) is 4.99 Å². The van der Waals surface area contributed by atoms with Crippen molar-refractivity contribution in [3.63, 3.8) is 0 Å². The molecule has 0 aromatic heterocycles. The number of likely N-dealkylation sites (N-methyl/N-ethyl adjacent to an activating group) is 2. The van der Waals surface area contributed by atoms with Crippen molar-refractivity contribution in [2.45, 2.75) is 27.2 Å². The highest BCUT2D eigenvalue weighted by molar-refractivity contribution is 5.86. The van der Waals surface area contributed by atoms with Crippen LogP contribution in [-0.4, -0.2) is 75.7 Å². The predicted molar refractivity (Wildman–Crippen MR) is 110 cm³/mol. The fraction of sp³-hybridized carbons (Fsp3) is 0.600. The molecule has 0 atom stereocenters. The van der Waals surface area contributed by atoms with E-state index in [1.807, 2.05) is 55.8 Å². The first-order valence-electron chi connectivity index (χ1n) is 9.48. The minimum atomic E-state index is 0.0996. The summed E-state index contributed by atoms with van der Waals surface area (Å²) in [6.07, 6.45) is 0.715. The second kappa shape index (κ2) is 12.0. The molecular weight excluding hydrogens is 344 g/mol. The van der Waals surface area contributed by atoms with Gasteiger partial charge in [0, 0.05) is 33.2 Å². The zero-order valence-electron chi connectivity index (χ0n) is 17.5. The first kappa shape index (κ1) is 22.6. The van der Waals surface area contributed by atoms with Crippen molar-refractivity contribution >= 4 is 11.9 Å². The van der Waals surface area contributed by atoms with E-state index < -0.39 is 0 Å². The lowest BCUT2D eigenvalue weighted by Crippen LogP contribution is -2.45. The average molecular weight is 379 g/mol. The number of guanidine groups is 1. The summed E-state index contributed by atoms with van der Waals surface area (Å²) in [6.45, 7) is 9.04. The van der Waals surface area contributed by atoms with E-state index in [0.717, 1.165) is 29.6 Å². The third-order valence-corrected chi connectivity index (χ3v) is 4.32. The fourth-order valence-corrected chi connectivity index (χ4v) is 2.78. The number of benzene rings is 1. The van der Waals surface area contributed by atoms with Crippen molar-refractivity contribution < 1.29 is 14.3 Å². The van der Waals surface area contributed by atoms with Crippen LogP contribution >= 0.6 is 0 Å². The Morgan fingerprint density at radius 2 is 1.85 bits per heavy atom. The zero-order chi connectivity index (χ0) is 20.2. The maximum absolute atomic E-state index is 12.3. The molecular formula is C20H34N4O3. The van der Waals surface area contributed by atoms with Crippen LogP contribution in [0.2, 0.25) is 0 Å². The average Bonchev–Trinajstić information content (AvgIpc) is 2.67. The van der Waals surface area contributed by atoms with Gasteiger partial charge in [0.2, 0.25) is 5.91 Å². The Morgan fingerprint density at radius 3 is 2.41 bits per heavy atom. The van der Waals surface area contributed by atoms with Crippen LogP contribution in [0.3, 0.4) is 0 Å². The van der Waals surface area contributed by atoms with E-state index in [1.165, 1.54) is 0 Å². The van der Waals surface area contributed by atoms with E-state index in [-0.39, 0.29) is 5.91 Å². The second-order valence-electron chi connectivity index (χ2n) is 6.09. The summed E-state index contributed by atoms with van der Waals surface area (Å²) in [4.78, 5) is 20.7. The summed E-state index contributed by atoms with van der Waals surface area (Å²) in [5, 5.41) is 3.25. The standard InChI is InChI=1S/C20H34N4O3/c1-7-21-20(23(4)15-19(25)24(8-2)9-3)22-13-12-16-14-17(26-5)10-11-18(16)27-6/h10-11,14H,7-9,12-13,15H2,1-6H3,(H,21,22). The summed E-state index contributed by atoms with van der Waals surface area (Å²) in [6, 6.07) is 5.75. The summed E-state index contributed by atoms with van der Waals surface area (Å²) in [7, 11) is 5.19. The molecule has 0 bridgehead atoms. The Bertz CT molecular complexity index is 615. The number of nitrogens with one attached hydrogen (secondary N) is 1. The van der Waals surface area contributed by atoms with Gasteiger partial charge in [0.05, 0.1) is 20.8 Å². The summed E-state index contributed by atoms with van der Waals surface area (Å²) < 4.78 is 10.7.